The molecule has 0 atom stereocenters. The van der Waals surface area contributed by atoms with E-state index in [2.05, 4.69) is 4.98 Å². The summed E-state index contributed by atoms with van der Waals surface area (Å²) >= 11 is 1.31. The van der Waals surface area contributed by atoms with Crippen molar-refractivity contribution >= 4 is 23.4 Å². The summed E-state index contributed by atoms with van der Waals surface area (Å²) in [6.45, 7) is 1.56. The zero-order valence-corrected chi connectivity index (χ0v) is 17.6. The van der Waals surface area contributed by atoms with Crippen molar-refractivity contribution in [1.29, 1.82) is 0 Å². The number of piperidine rings is 1. The number of amides is 1. The molecule has 0 saturated carbocycles. The highest BCUT2D eigenvalue weighted by atomic mass is 32.2. The number of aromatic nitrogens is 2. The minimum Gasteiger partial charge on any atom is -0.342 e. The lowest BCUT2D eigenvalue weighted by Gasteiger charge is -2.26. The second kappa shape index (κ2) is 9.30. The number of nitro benzene ring substituents is 1. The van der Waals surface area contributed by atoms with Crippen LogP contribution in [0.25, 0.3) is 16.9 Å². The van der Waals surface area contributed by atoms with Gasteiger partial charge < -0.3 is 4.90 Å². The van der Waals surface area contributed by atoms with Crippen LogP contribution in [0.3, 0.4) is 0 Å². The van der Waals surface area contributed by atoms with Gasteiger partial charge in [-0.1, -0.05) is 23.9 Å². The predicted molar refractivity (Wildman–Crippen MR) is 117 cm³/mol. The van der Waals surface area contributed by atoms with Gasteiger partial charge in [0.1, 0.15) is 5.82 Å². The molecule has 2 aromatic carbocycles. The van der Waals surface area contributed by atoms with E-state index in [0.29, 0.717) is 22.1 Å². The van der Waals surface area contributed by atoms with Crippen LogP contribution in [0.4, 0.5) is 10.1 Å². The Morgan fingerprint density at radius 1 is 1.13 bits per heavy atom. The molecule has 160 valence electrons. The fraction of sp³-hybridized carbons (Fsp3) is 0.273. The average molecular weight is 441 g/mol. The third kappa shape index (κ3) is 4.77. The van der Waals surface area contributed by atoms with Gasteiger partial charge in [0.25, 0.3) is 5.69 Å². The number of thioether (sulfide) groups is 1. The lowest BCUT2D eigenvalue weighted by atomic mass is 10.1. The Hall–Kier alpha value is -3.20. The number of benzene rings is 2. The van der Waals surface area contributed by atoms with E-state index in [0.717, 1.165) is 32.4 Å². The van der Waals surface area contributed by atoms with Crippen molar-refractivity contribution in [1.82, 2.24) is 14.5 Å². The molecule has 1 aliphatic rings. The molecule has 3 aromatic rings. The monoisotopic (exact) mass is 440 g/mol. The molecule has 1 aliphatic heterocycles. The van der Waals surface area contributed by atoms with Crippen LogP contribution in [0.2, 0.25) is 0 Å². The molecule has 0 aliphatic carbocycles. The molecular formula is C22H21FN4O3S. The van der Waals surface area contributed by atoms with E-state index in [-0.39, 0.29) is 23.2 Å². The normalized spacial score (nSPS) is 13.9. The zero-order valence-electron chi connectivity index (χ0n) is 16.7. The Balaban J connectivity index is 1.67. The Labute approximate surface area is 183 Å². The second-order valence-electron chi connectivity index (χ2n) is 7.28. The minimum absolute atomic E-state index is 0.0289. The minimum atomic E-state index is -0.449. The van der Waals surface area contributed by atoms with Crippen molar-refractivity contribution in [3.8, 4) is 16.9 Å². The number of non-ortho nitro benzene ring substituents is 1. The van der Waals surface area contributed by atoms with Crippen LogP contribution in [0.1, 0.15) is 19.3 Å². The van der Waals surface area contributed by atoms with Crippen LogP contribution >= 0.6 is 11.8 Å². The molecule has 0 N–H and O–H groups in total. The van der Waals surface area contributed by atoms with Crippen LogP contribution in [-0.4, -0.2) is 44.1 Å². The molecule has 1 aromatic heterocycles. The summed E-state index contributed by atoms with van der Waals surface area (Å²) in [4.78, 5) is 29.7. The number of imidazole rings is 1. The molecule has 4 rings (SSSR count). The van der Waals surface area contributed by atoms with Crippen molar-refractivity contribution in [3.63, 3.8) is 0 Å². The number of nitrogens with zero attached hydrogens (tertiary/aromatic N) is 4. The highest BCUT2D eigenvalue weighted by Crippen LogP contribution is 2.31. The number of carbonyl (C=O) groups excluding carboxylic acids is 1. The van der Waals surface area contributed by atoms with E-state index in [4.69, 9.17) is 0 Å². The van der Waals surface area contributed by atoms with Crippen LogP contribution in [0, 0.1) is 15.9 Å². The molecule has 1 amide bonds. The fourth-order valence-electron chi connectivity index (χ4n) is 3.62. The molecule has 2 heterocycles. The number of likely N-dealkylation sites (tertiary alicyclic amines) is 1. The van der Waals surface area contributed by atoms with Gasteiger partial charge in [0, 0.05) is 36.5 Å². The molecule has 1 saturated heterocycles. The molecule has 1 fully saturated rings. The molecule has 0 unspecified atom stereocenters. The largest absolute Gasteiger partial charge is 0.342 e. The maximum atomic E-state index is 13.5. The van der Waals surface area contributed by atoms with Gasteiger partial charge in [0.2, 0.25) is 5.91 Å². The summed E-state index contributed by atoms with van der Waals surface area (Å²) in [6, 6.07) is 12.2. The van der Waals surface area contributed by atoms with E-state index < -0.39 is 4.92 Å². The van der Waals surface area contributed by atoms with E-state index in [1.807, 2.05) is 4.90 Å². The van der Waals surface area contributed by atoms with Gasteiger partial charge in [-0.05, 0) is 43.5 Å². The highest BCUT2D eigenvalue weighted by molar-refractivity contribution is 7.99. The first-order valence-corrected chi connectivity index (χ1v) is 11.0. The van der Waals surface area contributed by atoms with Gasteiger partial charge in [0.15, 0.2) is 5.16 Å². The smallest absolute Gasteiger partial charge is 0.270 e. The SMILES string of the molecule is O=C(CSc1ncc(-c2cccc([N+](=O)[O-])c2)n1-c1ccc(F)cc1)N1CCCCC1. The Bertz CT molecular complexity index is 1090. The summed E-state index contributed by atoms with van der Waals surface area (Å²) in [6.07, 6.45) is 4.82. The van der Waals surface area contributed by atoms with Gasteiger partial charge in [-0.15, -0.1) is 0 Å². The standard InChI is InChI=1S/C22H21FN4O3S/c23-17-7-9-18(10-8-17)26-20(16-5-4-6-19(13-16)27(29)30)14-24-22(26)31-15-21(28)25-11-2-1-3-12-25/h4-10,13-14H,1-3,11-12,15H2. The van der Waals surface area contributed by atoms with E-state index in [1.165, 1.54) is 36.0 Å². The topological polar surface area (TPSA) is 81.3 Å². The Morgan fingerprint density at radius 3 is 2.58 bits per heavy atom. The van der Waals surface area contributed by atoms with Gasteiger partial charge in [-0.2, -0.15) is 0 Å². The van der Waals surface area contributed by atoms with Crippen LogP contribution in [0.5, 0.6) is 0 Å². The number of halogens is 1. The zero-order chi connectivity index (χ0) is 21.8. The van der Waals surface area contributed by atoms with Crippen molar-refractivity contribution in [2.75, 3.05) is 18.8 Å². The summed E-state index contributed by atoms with van der Waals surface area (Å²) in [5, 5.41) is 11.8. The maximum Gasteiger partial charge on any atom is 0.270 e. The van der Waals surface area contributed by atoms with Gasteiger partial charge in [0.05, 0.1) is 22.6 Å². The molecule has 31 heavy (non-hydrogen) atoms. The summed E-state index contributed by atoms with van der Waals surface area (Å²) in [7, 11) is 0. The Morgan fingerprint density at radius 2 is 1.87 bits per heavy atom. The summed E-state index contributed by atoms with van der Waals surface area (Å²) in [5.74, 6) is -0.0578. The van der Waals surface area contributed by atoms with Gasteiger partial charge >= 0.3 is 0 Å². The van der Waals surface area contributed by atoms with Crippen LogP contribution in [-0.2, 0) is 4.79 Å². The van der Waals surface area contributed by atoms with E-state index >= 15 is 0 Å². The fourth-order valence-corrected chi connectivity index (χ4v) is 4.51. The molecule has 7 nitrogen and oxygen atoms in total. The Kier molecular flexibility index (Phi) is 6.31. The second-order valence-corrected chi connectivity index (χ2v) is 8.22. The van der Waals surface area contributed by atoms with Crippen molar-refractivity contribution in [3.05, 3.63) is 70.7 Å². The van der Waals surface area contributed by atoms with Gasteiger partial charge in [-0.25, -0.2) is 9.37 Å². The molecule has 9 heteroatoms. The molecule has 0 spiro atoms. The molecule has 0 radical (unpaired) electrons. The number of nitro groups is 1. The summed E-state index contributed by atoms with van der Waals surface area (Å²) < 4.78 is 15.3. The molecular weight excluding hydrogens is 419 g/mol. The average Bonchev–Trinajstić information content (AvgIpc) is 3.22. The highest BCUT2D eigenvalue weighted by Gasteiger charge is 2.20. The predicted octanol–water partition coefficient (Wildman–Crippen LogP) is 4.69. The van der Waals surface area contributed by atoms with E-state index in [1.54, 1.807) is 35.0 Å². The quantitative estimate of drug-likeness (QED) is 0.316. The number of rotatable bonds is 6. The third-order valence-electron chi connectivity index (χ3n) is 5.20. The van der Waals surface area contributed by atoms with Crippen LogP contribution in [0.15, 0.2) is 59.9 Å². The maximum absolute atomic E-state index is 13.5. The summed E-state index contributed by atoms with van der Waals surface area (Å²) in [5.41, 5.74) is 1.87. The lowest BCUT2D eigenvalue weighted by Crippen LogP contribution is -2.36. The molecule has 0 bridgehead atoms. The first-order valence-electron chi connectivity index (χ1n) is 10.0. The van der Waals surface area contributed by atoms with Crippen LogP contribution < -0.4 is 0 Å². The first-order chi connectivity index (χ1) is 15.0. The van der Waals surface area contributed by atoms with E-state index in [9.17, 15) is 19.3 Å². The number of carbonyl (C=O) groups is 1. The number of hydrogen-bond donors (Lipinski definition) is 0. The van der Waals surface area contributed by atoms with Gasteiger partial charge in [-0.3, -0.25) is 19.5 Å². The van der Waals surface area contributed by atoms with Crippen molar-refractivity contribution in [2.45, 2.75) is 24.4 Å². The number of hydrogen-bond acceptors (Lipinski definition) is 5. The first kappa shape index (κ1) is 21.0. The lowest BCUT2D eigenvalue weighted by molar-refractivity contribution is -0.384. The third-order valence-corrected chi connectivity index (χ3v) is 6.14. The van der Waals surface area contributed by atoms with Crippen molar-refractivity contribution < 1.29 is 14.1 Å². The van der Waals surface area contributed by atoms with Crippen molar-refractivity contribution in [2.24, 2.45) is 0 Å².